The first kappa shape index (κ1) is 12.1. The smallest absolute Gasteiger partial charge is 0.145 e. The highest BCUT2D eigenvalue weighted by molar-refractivity contribution is 9.09. The van der Waals surface area contributed by atoms with Gasteiger partial charge in [-0.2, -0.15) is 0 Å². The molecule has 3 atom stereocenters. The number of rotatable bonds is 3. The molecule has 1 aromatic rings. The first-order chi connectivity index (χ1) is 7.61. The number of hydrogen-bond acceptors (Lipinski definition) is 2. The Morgan fingerprint density at radius 1 is 1.50 bits per heavy atom. The zero-order chi connectivity index (χ0) is 11.7. The maximum atomic E-state index is 13.2. The summed E-state index contributed by atoms with van der Waals surface area (Å²) in [7, 11) is 1.64. The van der Waals surface area contributed by atoms with Crippen molar-refractivity contribution in [3.05, 3.63) is 29.0 Å². The molecule has 1 aliphatic carbocycles. The van der Waals surface area contributed by atoms with E-state index in [2.05, 4.69) is 15.9 Å². The lowest BCUT2D eigenvalue weighted by atomic mass is 9.91. The molecule has 88 valence electrons. The van der Waals surface area contributed by atoms with Crippen molar-refractivity contribution in [3.63, 3.8) is 0 Å². The highest BCUT2D eigenvalue weighted by Crippen LogP contribution is 2.34. The molecular formula is C11H11BrClFO2. The van der Waals surface area contributed by atoms with Crippen LogP contribution < -0.4 is 4.74 Å². The summed E-state index contributed by atoms with van der Waals surface area (Å²) in [4.78, 5) is 0.305. The number of methoxy groups -OCH3 is 1. The Kier molecular flexibility index (Phi) is 3.72. The van der Waals surface area contributed by atoms with Gasteiger partial charge < -0.3 is 9.47 Å². The van der Waals surface area contributed by atoms with Crippen LogP contribution in [0.4, 0.5) is 4.39 Å². The summed E-state index contributed by atoms with van der Waals surface area (Å²) in [5.74, 6) is 0.0104. The summed E-state index contributed by atoms with van der Waals surface area (Å²) in [5, 5.41) is 0.0996. The minimum atomic E-state index is -0.470. The monoisotopic (exact) mass is 308 g/mol. The highest BCUT2D eigenvalue weighted by atomic mass is 79.9. The Balaban J connectivity index is 2.02. The minimum Gasteiger partial charge on any atom is -0.488 e. The van der Waals surface area contributed by atoms with E-state index in [9.17, 15) is 4.39 Å². The fourth-order valence-electron chi connectivity index (χ4n) is 1.67. The van der Waals surface area contributed by atoms with Crippen LogP contribution in [-0.2, 0) is 4.74 Å². The van der Waals surface area contributed by atoms with Crippen molar-refractivity contribution in [2.75, 3.05) is 7.11 Å². The van der Waals surface area contributed by atoms with Gasteiger partial charge in [-0.1, -0.05) is 27.5 Å². The van der Waals surface area contributed by atoms with E-state index in [1.165, 1.54) is 12.1 Å². The van der Waals surface area contributed by atoms with E-state index in [1.807, 2.05) is 0 Å². The van der Waals surface area contributed by atoms with Crippen molar-refractivity contribution in [2.24, 2.45) is 0 Å². The van der Waals surface area contributed by atoms with Gasteiger partial charge in [0, 0.05) is 24.4 Å². The van der Waals surface area contributed by atoms with Crippen molar-refractivity contribution < 1.29 is 13.9 Å². The van der Waals surface area contributed by atoms with Crippen LogP contribution in [0.3, 0.4) is 0 Å². The van der Waals surface area contributed by atoms with E-state index in [4.69, 9.17) is 21.1 Å². The third kappa shape index (κ3) is 2.34. The molecule has 0 aromatic heterocycles. The molecule has 0 spiro atoms. The molecule has 16 heavy (non-hydrogen) atoms. The molecule has 1 aromatic carbocycles. The standard InChI is InChI=1S/C11H11BrClFO2/c1-15-11-7(12)5-10(11)16-6-2-3-8(13)9(14)4-6/h2-4,7,10-11H,5H2,1H3. The Labute approximate surface area is 107 Å². The molecule has 0 heterocycles. The van der Waals surface area contributed by atoms with Crippen LogP contribution in [0.25, 0.3) is 0 Å². The number of benzene rings is 1. The fourth-order valence-corrected chi connectivity index (χ4v) is 2.71. The molecule has 0 bridgehead atoms. The summed E-state index contributed by atoms with van der Waals surface area (Å²) < 4.78 is 24.0. The Morgan fingerprint density at radius 3 is 2.81 bits per heavy atom. The molecule has 0 aliphatic heterocycles. The minimum absolute atomic E-state index is 0.0127. The lowest BCUT2D eigenvalue weighted by Crippen LogP contribution is -2.51. The zero-order valence-corrected chi connectivity index (χ0v) is 11.0. The van der Waals surface area contributed by atoms with Gasteiger partial charge in [-0.05, 0) is 12.1 Å². The van der Waals surface area contributed by atoms with E-state index in [0.29, 0.717) is 10.6 Å². The predicted molar refractivity (Wildman–Crippen MR) is 64.0 cm³/mol. The maximum absolute atomic E-state index is 13.2. The quantitative estimate of drug-likeness (QED) is 0.797. The van der Waals surface area contributed by atoms with Gasteiger partial charge in [0.1, 0.15) is 23.8 Å². The van der Waals surface area contributed by atoms with Gasteiger partial charge in [-0.3, -0.25) is 0 Å². The molecule has 1 aliphatic rings. The summed E-state index contributed by atoms with van der Waals surface area (Å²) in [6.45, 7) is 0. The average Bonchev–Trinajstić information content (AvgIpc) is 2.23. The normalized spacial score (nSPS) is 28.6. The fraction of sp³-hybridized carbons (Fsp3) is 0.455. The van der Waals surface area contributed by atoms with Crippen LogP contribution in [-0.4, -0.2) is 24.1 Å². The zero-order valence-electron chi connectivity index (χ0n) is 8.62. The number of ether oxygens (including phenoxy) is 2. The van der Waals surface area contributed by atoms with E-state index in [1.54, 1.807) is 13.2 Å². The molecule has 2 nitrogen and oxygen atoms in total. The van der Waals surface area contributed by atoms with Gasteiger partial charge in [0.2, 0.25) is 0 Å². The lowest BCUT2D eigenvalue weighted by Gasteiger charge is -2.40. The lowest BCUT2D eigenvalue weighted by molar-refractivity contribution is -0.0545. The topological polar surface area (TPSA) is 18.5 Å². The van der Waals surface area contributed by atoms with Crippen LogP contribution >= 0.6 is 27.5 Å². The highest BCUT2D eigenvalue weighted by Gasteiger charge is 2.41. The third-order valence-electron chi connectivity index (χ3n) is 2.63. The van der Waals surface area contributed by atoms with E-state index in [0.717, 1.165) is 6.42 Å². The Bertz CT molecular complexity index is 388. The molecule has 5 heteroatoms. The van der Waals surface area contributed by atoms with Crippen molar-refractivity contribution in [3.8, 4) is 5.75 Å². The van der Waals surface area contributed by atoms with Gasteiger partial charge in [-0.25, -0.2) is 4.39 Å². The van der Waals surface area contributed by atoms with Gasteiger partial charge in [0.25, 0.3) is 0 Å². The second kappa shape index (κ2) is 4.90. The van der Waals surface area contributed by atoms with Crippen molar-refractivity contribution in [1.82, 2.24) is 0 Å². The van der Waals surface area contributed by atoms with Gasteiger partial charge >= 0.3 is 0 Å². The maximum Gasteiger partial charge on any atom is 0.145 e. The second-order valence-electron chi connectivity index (χ2n) is 3.68. The Hall–Kier alpha value is -0.320. The van der Waals surface area contributed by atoms with Crippen molar-refractivity contribution >= 4 is 27.5 Å². The number of halogens is 3. The third-order valence-corrected chi connectivity index (χ3v) is 3.83. The Morgan fingerprint density at radius 2 is 2.25 bits per heavy atom. The number of hydrogen-bond donors (Lipinski definition) is 0. The van der Waals surface area contributed by atoms with Crippen LogP contribution in [0.15, 0.2) is 18.2 Å². The number of alkyl halides is 1. The molecule has 0 radical (unpaired) electrons. The van der Waals surface area contributed by atoms with Crippen LogP contribution in [0.5, 0.6) is 5.75 Å². The van der Waals surface area contributed by atoms with Crippen LogP contribution in [0.2, 0.25) is 5.02 Å². The largest absolute Gasteiger partial charge is 0.488 e. The summed E-state index contributed by atoms with van der Waals surface area (Å²) in [6.07, 6.45) is 0.830. The molecule has 3 unspecified atom stereocenters. The molecular weight excluding hydrogens is 298 g/mol. The van der Waals surface area contributed by atoms with Crippen molar-refractivity contribution in [2.45, 2.75) is 23.5 Å². The van der Waals surface area contributed by atoms with Gasteiger partial charge in [0.15, 0.2) is 0 Å². The summed E-state index contributed by atoms with van der Waals surface area (Å²) >= 11 is 9.05. The van der Waals surface area contributed by atoms with Gasteiger partial charge in [-0.15, -0.1) is 0 Å². The first-order valence-corrected chi connectivity index (χ1v) is 6.19. The van der Waals surface area contributed by atoms with E-state index in [-0.39, 0.29) is 17.2 Å². The molecule has 1 saturated carbocycles. The molecule has 0 amide bonds. The average molecular weight is 310 g/mol. The van der Waals surface area contributed by atoms with E-state index < -0.39 is 5.82 Å². The van der Waals surface area contributed by atoms with E-state index >= 15 is 0 Å². The van der Waals surface area contributed by atoms with Gasteiger partial charge in [0.05, 0.1) is 5.02 Å². The predicted octanol–water partition coefficient (Wildman–Crippen LogP) is 3.41. The van der Waals surface area contributed by atoms with Crippen LogP contribution in [0.1, 0.15) is 6.42 Å². The van der Waals surface area contributed by atoms with Crippen LogP contribution in [0, 0.1) is 5.82 Å². The SMILES string of the molecule is COC1C(Br)CC1Oc1ccc(Cl)c(F)c1. The van der Waals surface area contributed by atoms with Crippen molar-refractivity contribution in [1.29, 1.82) is 0 Å². The molecule has 0 saturated heterocycles. The molecule has 2 rings (SSSR count). The first-order valence-electron chi connectivity index (χ1n) is 4.90. The molecule has 0 N–H and O–H groups in total. The molecule has 1 fully saturated rings. The summed E-state index contributed by atoms with van der Waals surface area (Å²) in [5.41, 5.74) is 0. The second-order valence-corrected chi connectivity index (χ2v) is 5.27. The summed E-state index contributed by atoms with van der Waals surface area (Å²) in [6, 6.07) is 4.43.